The predicted molar refractivity (Wildman–Crippen MR) is 79.3 cm³/mol. The monoisotopic (exact) mass is 265 g/mol. The summed E-state index contributed by atoms with van der Waals surface area (Å²) in [6.07, 6.45) is 4.03. The number of benzene rings is 2. The zero-order chi connectivity index (χ0) is 14.1. The molecule has 0 aliphatic heterocycles. The van der Waals surface area contributed by atoms with Crippen molar-refractivity contribution in [3.05, 3.63) is 70.8 Å². The predicted octanol–water partition coefficient (Wildman–Crippen LogP) is 2.71. The fourth-order valence-corrected chi connectivity index (χ4v) is 2.77. The second kappa shape index (κ2) is 4.94. The third-order valence-electron chi connectivity index (χ3n) is 3.75. The van der Waals surface area contributed by atoms with Crippen molar-refractivity contribution < 1.29 is 9.90 Å². The fourth-order valence-electron chi connectivity index (χ4n) is 2.77. The number of hydrogen-bond acceptors (Lipinski definition) is 2. The van der Waals surface area contributed by atoms with Gasteiger partial charge < -0.3 is 10.8 Å². The average Bonchev–Trinajstić information content (AvgIpc) is 2.63. The molecular formula is C17H15NO2. The standard InChI is InChI=1S/C17H15NO2/c18-16(17(19)20)15-13-7-3-1-5-11(13)9-10-12-6-2-4-8-14(12)15/h1-10,15-16H,18H2,(H,19,20). The lowest BCUT2D eigenvalue weighted by Gasteiger charge is -2.23. The Bertz CT molecular complexity index is 641. The summed E-state index contributed by atoms with van der Waals surface area (Å²) in [5, 5.41) is 9.33. The Hall–Kier alpha value is -2.39. The van der Waals surface area contributed by atoms with Gasteiger partial charge in [-0.15, -0.1) is 0 Å². The molecule has 0 heterocycles. The minimum absolute atomic E-state index is 0.338. The molecule has 3 N–H and O–H groups in total. The van der Waals surface area contributed by atoms with Crippen molar-refractivity contribution in [2.75, 3.05) is 0 Å². The number of carbonyl (C=O) groups is 1. The van der Waals surface area contributed by atoms with E-state index in [4.69, 9.17) is 5.73 Å². The zero-order valence-electron chi connectivity index (χ0n) is 10.9. The van der Waals surface area contributed by atoms with Crippen molar-refractivity contribution in [1.82, 2.24) is 0 Å². The Balaban J connectivity index is 2.26. The van der Waals surface area contributed by atoms with Crippen molar-refractivity contribution in [3.8, 4) is 0 Å². The molecule has 3 heteroatoms. The summed E-state index contributed by atoms with van der Waals surface area (Å²) in [6, 6.07) is 14.6. The fraction of sp³-hybridized carbons (Fsp3) is 0.118. The van der Waals surface area contributed by atoms with Crippen LogP contribution in [0.1, 0.15) is 28.2 Å². The number of rotatable bonds is 2. The molecule has 0 bridgehead atoms. The molecule has 0 amide bonds. The third-order valence-corrected chi connectivity index (χ3v) is 3.75. The number of aliphatic carboxylic acids is 1. The van der Waals surface area contributed by atoms with Crippen molar-refractivity contribution in [1.29, 1.82) is 0 Å². The van der Waals surface area contributed by atoms with Crippen LogP contribution in [0.15, 0.2) is 48.5 Å². The Labute approximate surface area is 117 Å². The smallest absolute Gasteiger partial charge is 0.321 e. The van der Waals surface area contributed by atoms with Gasteiger partial charge in [0.05, 0.1) is 0 Å². The van der Waals surface area contributed by atoms with Crippen molar-refractivity contribution >= 4 is 18.1 Å². The quantitative estimate of drug-likeness (QED) is 0.877. The van der Waals surface area contributed by atoms with Gasteiger partial charge in [-0.25, -0.2) is 0 Å². The molecule has 0 fully saturated rings. The second-order valence-electron chi connectivity index (χ2n) is 4.93. The summed E-state index contributed by atoms with van der Waals surface area (Å²) >= 11 is 0. The van der Waals surface area contributed by atoms with Gasteiger partial charge in [0.2, 0.25) is 0 Å². The maximum atomic E-state index is 11.4. The van der Waals surface area contributed by atoms with E-state index in [1.54, 1.807) is 0 Å². The first kappa shape index (κ1) is 12.6. The van der Waals surface area contributed by atoms with E-state index < -0.39 is 12.0 Å². The van der Waals surface area contributed by atoms with Crippen molar-refractivity contribution in [2.45, 2.75) is 12.0 Å². The first-order valence-corrected chi connectivity index (χ1v) is 6.53. The van der Waals surface area contributed by atoms with Gasteiger partial charge in [0.1, 0.15) is 6.04 Å². The van der Waals surface area contributed by atoms with Gasteiger partial charge in [-0.05, 0) is 22.3 Å². The Kier molecular flexibility index (Phi) is 3.12. The van der Waals surface area contributed by atoms with Crippen LogP contribution in [0.25, 0.3) is 12.2 Å². The van der Waals surface area contributed by atoms with E-state index in [0.717, 1.165) is 22.3 Å². The molecule has 3 nitrogen and oxygen atoms in total. The SMILES string of the molecule is NC(C(=O)O)C1c2ccccc2C=Cc2ccccc21. The van der Waals surface area contributed by atoms with Crippen LogP contribution in [0.4, 0.5) is 0 Å². The molecule has 0 saturated carbocycles. The van der Waals surface area contributed by atoms with E-state index in [1.165, 1.54) is 0 Å². The molecule has 20 heavy (non-hydrogen) atoms. The van der Waals surface area contributed by atoms with Crippen LogP contribution >= 0.6 is 0 Å². The van der Waals surface area contributed by atoms with E-state index in [0.29, 0.717) is 0 Å². The number of carboxylic acid groups (broad SMARTS) is 1. The highest BCUT2D eigenvalue weighted by Gasteiger charge is 2.30. The van der Waals surface area contributed by atoms with Crippen LogP contribution in [0.2, 0.25) is 0 Å². The molecule has 100 valence electrons. The Morgan fingerprint density at radius 2 is 1.40 bits per heavy atom. The maximum Gasteiger partial charge on any atom is 0.321 e. The Morgan fingerprint density at radius 1 is 0.950 bits per heavy atom. The van der Waals surface area contributed by atoms with Crippen LogP contribution < -0.4 is 5.73 Å². The first-order chi connectivity index (χ1) is 9.68. The summed E-state index contributed by atoms with van der Waals surface area (Å²) in [5.41, 5.74) is 9.92. The Morgan fingerprint density at radius 3 is 1.85 bits per heavy atom. The summed E-state index contributed by atoms with van der Waals surface area (Å²) in [5.74, 6) is -1.32. The lowest BCUT2D eigenvalue weighted by Crippen LogP contribution is -2.37. The van der Waals surface area contributed by atoms with Crippen LogP contribution in [0, 0.1) is 0 Å². The van der Waals surface area contributed by atoms with Crippen molar-refractivity contribution in [3.63, 3.8) is 0 Å². The average molecular weight is 265 g/mol. The first-order valence-electron chi connectivity index (χ1n) is 6.53. The van der Waals surface area contributed by atoms with Crippen molar-refractivity contribution in [2.24, 2.45) is 5.73 Å². The van der Waals surface area contributed by atoms with Gasteiger partial charge in [-0.2, -0.15) is 0 Å². The largest absolute Gasteiger partial charge is 0.480 e. The summed E-state index contributed by atoms with van der Waals surface area (Å²) in [4.78, 5) is 11.4. The summed E-state index contributed by atoms with van der Waals surface area (Å²) < 4.78 is 0. The maximum absolute atomic E-state index is 11.4. The highest BCUT2D eigenvalue weighted by atomic mass is 16.4. The van der Waals surface area contributed by atoms with Gasteiger partial charge in [-0.3, -0.25) is 4.79 Å². The van der Waals surface area contributed by atoms with Gasteiger partial charge in [-0.1, -0.05) is 60.7 Å². The molecule has 3 rings (SSSR count). The van der Waals surface area contributed by atoms with Gasteiger partial charge in [0, 0.05) is 5.92 Å². The van der Waals surface area contributed by atoms with E-state index in [2.05, 4.69) is 0 Å². The number of nitrogens with two attached hydrogens (primary N) is 1. The normalized spacial score (nSPS) is 15.1. The molecule has 1 aliphatic carbocycles. The molecule has 1 atom stereocenters. The van der Waals surface area contributed by atoms with Gasteiger partial charge in [0.15, 0.2) is 0 Å². The van der Waals surface area contributed by atoms with Crippen LogP contribution in [0.3, 0.4) is 0 Å². The highest BCUT2D eigenvalue weighted by Crippen LogP contribution is 2.36. The van der Waals surface area contributed by atoms with Gasteiger partial charge in [0.25, 0.3) is 0 Å². The summed E-state index contributed by atoms with van der Waals surface area (Å²) in [7, 11) is 0. The molecule has 2 aromatic carbocycles. The number of carboxylic acids is 1. The minimum atomic E-state index is -0.985. The second-order valence-corrected chi connectivity index (χ2v) is 4.93. The molecule has 2 aromatic rings. The lowest BCUT2D eigenvalue weighted by atomic mass is 9.82. The highest BCUT2D eigenvalue weighted by molar-refractivity contribution is 5.81. The topological polar surface area (TPSA) is 63.3 Å². The molecule has 0 saturated heterocycles. The number of fused-ring (bicyclic) bond motifs is 2. The third kappa shape index (κ3) is 2.02. The van der Waals surface area contributed by atoms with E-state index >= 15 is 0 Å². The van der Waals surface area contributed by atoms with Gasteiger partial charge >= 0.3 is 5.97 Å². The molecule has 0 radical (unpaired) electrons. The molecule has 0 aromatic heterocycles. The lowest BCUT2D eigenvalue weighted by molar-refractivity contribution is -0.138. The zero-order valence-corrected chi connectivity index (χ0v) is 10.9. The molecular weight excluding hydrogens is 250 g/mol. The van der Waals surface area contributed by atoms with E-state index in [1.807, 2.05) is 60.7 Å². The van der Waals surface area contributed by atoms with Crippen LogP contribution in [-0.2, 0) is 4.79 Å². The molecule has 1 unspecified atom stereocenters. The molecule has 0 spiro atoms. The summed E-state index contributed by atoms with van der Waals surface area (Å²) in [6.45, 7) is 0. The van der Waals surface area contributed by atoms with Crippen LogP contribution in [0.5, 0.6) is 0 Å². The molecule has 1 aliphatic rings. The number of hydrogen-bond donors (Lipinski definition) is 2. The minimum Gasteiger partial charge on any atom is -0.480 e. The van der Waals surface area contributed by atoms with E-state index in [9.17, 15) is 9.90 Å². The van der Waals surface area contributed by atoms with E-state index in [-0.39, 0.29) is 5.92 Å². The van der Waals surface area contributed by atoms with Crippen LogP contribution in [-0.4, -0.2) is 17.1 Å².